The third-order valence-corrected chi connectivity index (χ3v) is 3.70. The molecule has 1 rings (SSSR count). The number of nitrogens with one attached hydrogen (secondary N) is 2. The van der Waals surface area contributed by atoms with Gasteiger partial charge in [-0.15, -0.1) is 0 Å². The molecule has 25 heavy (non-hydrogen) atoms. The minimum absolute atomic E-state index is 0.00828. The predicted molar refractivity (Wildman–Crippen MR) is 101 cm³/mol. The van der Waals surface area contributed by atoms with Gasteiger partial charge in [0, 0.05) is 6.54 Å². The molecule has 1 aromatic carbocycles. The first kappa shape index (κ1) is 21.0. The highest BCUT2D eigenvalue weighted by Gasteiger charge is 2.36. The molecule has 2 N–H and O–H groups in total. The first-order valence-corrected chi connectivity index (χ1v) is 8.64. The van der Waals surface area contributed by atoms with Crippen LogP contribution in [0.4, 0.5) is 5.69 Å². The van der Waals surface area contributed by atoms with Gasteiger partial charge in [0.25, 0.3) is 0 Å². The van der Waals surface area contributed by atoms with Gasteiger partial charge in [-0.05, 0) is 66.9 Å². The van der Waals surface area contributed by atoms with Crippen molar-refractivity contribution in [1.29, 1.82) is 0 Å². The molecule has 0 spiro atoms. The zero-order chi connectivity index (χ0) is 19.0. The average molecular weight is 349 g/mol. The summed E-state index contributed by atoms with van der Waals surface area (Å²) < 4.78 is 5.70. The lowest BCUT2D eigenvalue weighted by atomic mass is 9.91. The number of hydrogen-bond donors (Lipinski definition) is 2. The fourth-order valence-corrected chi connectivity index (χ4v) is 2.13. The van der Waals surface area contributed by atoms with E-state index in [4.69, 9.17) is 4.74 Å². The molecule has 6 heteroatoms. The van der Waals surface area contributed by atoms with Gasteiger partial charge in [-0.25, -0.2) is 0 Å². The van der Waals surface area contributed by atoms with E-state index in [1.807, 2.05) is 40.1 Å². The Kier molecular flexibility index (Phi) is 7.90. The zero-order valence-corrected chi connectivity index (χ0v) is 16.2. The van der Waals surface area contributed by atoms with Crippen LogP contribution in [0.5, 0.6) is 5.75 Å². The highest BCUT2D eigenvalue weighted by atomic mass is 16.5. The molecule has 6 nitrogen and oxygen atoms in total. The van der Waals surface area contributed by atoms with Crippen LogP contribution in [0.2, 0.25) is 0 Å². The molecule has 2 amide bonds. The Bertz CT molecular complexity index is 583. The monoisotopic (exact) mass is 349 g/mol. The summed E-state index contributed by atoms with van der Waals surface area (Å²) in [6, 6.07) is 7.22. The molecule has 0 aromatic heterocycles. The van der Waals surface area contributed by atoms with E-state index in [1.165, 1.54) is 0 Å². The van der Waals surface area contributed by atoms with Crippen LogP contribution in [0, 0.1) is 5.41 Å². The maximum atomic E-state index is 12.6. The summed E-state index contributed by atoms with van der Waals surface area (Å²) >= 11 is 0. The molecular weight excluding hydrogens is 318 g/mol. The SMILES string of the molecule is CC(C)Oc1ccccc1NC(=O)C(C)(C)C(=O)NCCCN(C)C. The summed E-state index contributed by atoms with van der Waals surface area (Å²) in [5.74, 6) is -0.0588. The number of hydrogen-bond acceptors (Lipinski definition) is 4. The van der Waals surface area contributed by atoms with Gasteiger partial charge in [-0.2, -0.15) is 0 Å². The number of benzene rings is 1. The highest BCUT2D eigenvalue weighted by molar-refractivity contribution is 6.10. The number of amides is 2. The first-order valence-electron chi connectivity index (χ1n) is 8.64. The smallest absolute Gasteiger partial charge is 0.239 e. The predicted octanol–water partition coefficient (Wildman–Crippen LogP) is 2.51. The Balaban J connectivity index is 2.70. The van der Waals surface area contributed by atoms with Crippen LogP contribution in [0.15, 0.2) is 24.3 Å². The van der Waals surface area contributed by atoms with Crippen molar-refractivity contribution in [1.82, 2.24) is 10.2 Å². The largest absolute Gasteiger partial charge is 0.489 e. The van der Waals surface area contributed by atoms with Crippen LogP contribution in [-0.4, -0.2) is 50.0 Å². The number of rotatable bonds is 9. The molecule has 140 valence electrons. The molecule has 0 unspecified atom stereocenters. The second-order valence-electron chi connectivity index (χ2n) is 7.15. The van der Waals surface area contributed by atoms with E-state index in [0.717, 1.165) is 13.0 Å². The van der Waals surface area contributed by atoms with Gasteiger partial charge in [0.2, 0.25) is 11.8 Å². The van der Waals surface area contributed by atoms with E-state index in [0.29, 0.717) is 18.0 Å². The Morgan fingerprint density at radius 1 is 1.16 bits per heavy atom. The number of ether oxygens (including phenoxy) is 1. The molecule has 0 aliphatic rings. The summed E-state index contributed by atoms with van der Waals surface area (Å²) in [6.45, 7) is 8.51. The number of para-hydroxylation sites is 2. The van der Waals surface area contributed by atoms with Crippen LogP contribution in [0.3, 0.4) is 0 Å². The number of carbonyl (C=O) groups excluding carboxylic acids is 2. The van der Waals surface area contributed by atoms with Crippen LogP contribution in [0.1, 0.15) is 34.1 Å². The molecule has 0 atom stereocenters. The lowest BCUT2D eigenvalue weighted by molar-refractivity contribution is -0.138. The summed E-state index contributed by atoms with van der Waals surface area (Å²) in [5.41, 5.74) is -0.613. The van der Waals surface area contributed by atoms with Crippen molar-refractivity contribution in [3.8, 4) is 5.75 Å². The molecule has 0 aliphatic carbocycles. The van der Waals surface area contributed by atoms with Crippen molar-refractivity contribution >= 4 is 17.5 Å². The third-order valence-electron chi connectivity index (χ3n) is 3.70. The molecule has 0 aliphatic heterocycles. The van der Waals surface area contributed by atoms with Crippen LogP contribution in [0.25, 0.3) is 0 Å². The Labute approximate surface area is 150 Å². The fraction of sp³-hybridized carbons (Fsp3) is 0.579. The van der Waals surface area contributed by atoms with E-state index < -0.39 is 5.41 Å². The lowest BCUT2D eigenvalue weighted by Gasteiger charge is -2.24. The van der Waals surface area contributed by atoms with Gasteiger partial charge in [-0.1, -0.05) is 12.1 Å². The van der Waals surface area contributed by atoms with Gasteiger partial charge in [0.05, 0.1) is 11.8 Å². The quantitative estimate of drug-likeness (QED) is 0.531. The topological polar surface area (TPSA) is 70.7 Å². The summed E-state index contributed by atoms with van der Waals surface area (Å²) in [6.07, 6.45) is 0.827. The number of nitrogens with zero attached hydrogens (tertiary/aromatic N) is 1. The molecule has 0 heterocycles. The van der Waals surface area contributed by atoms with E-state index in [1.54, 1.807) is 26.0 Å². The van der Waals surface area contributed by atoms with E-state index >= 15 is 0 Å². The van der Waals surface area contributed by atoms with Gasteiger partial charge >= 0.3 is 0 Å². The minimum Gasteiger partial charge on any atom is -0.489 e. The number of carbonyl (C=O) groups is 2. The molecule has 0 fully saturated rings. The van der Waals surface area contributed by atoms with Gasteiger partial charge in [0.15, 0.2) is 0 Å². The fourth-order valence-electron chi connectivity index (χ4n) is 2.13. The molecule has 0 bridgehead atoms. The second-order valence-corrected chi connectivity index (χ2v) is 7.15. The first-order chi connectivity index (χ1) is 11.6. The van der Waals surface area contributed by atoms with Gasteiger partial charge in [-0.3, -0.25) is 9.59 Å². The summed E-state index contributed by atoms with van der Waals surface area (Å²) in [4.78, 5) is 27.1. The van der Waals surface area contributed by atoms with Crippen LogP contribution in [-0.2, 0) is 9.59 Å². The van der Waals surface area contributed by atoms with Gasteiger partial charge < -0.3 is 20.3 Å². The maximum absolute atomic E-state index is 12.6. The van der Waals surface area contributed by atoms with E-state index in [-0.39, 0.29) is 17.9 Å². The normalized spacial score (nSPS) is 11.5. The maximum Gasteiger partial charge on any atom is 0.239 e. The Hall–Kier alpha value is -2.08. The number of anilines is 1. The minimum atomic E-state index is -1.18. The molecule has 0 radical (unpaired) electrons. The van der Waals surface area contributed by atoms with Crippen molar-refractivity contribution in [3.63, 3.8) is 0 Å². The third kappa shape index (κ3) is 6.74. The molecular formula is C19H31N3O3. The van der Waals surface area contributed by atoms with E-state index in [2.05, 4.69) is 15.5 Å². The molecule has 1 aromatic rings. The highest BCUT2D eigenvalue weighted by Crippen LogP contribution is 2.27. The molecule has 0 saturated heterocycles. The Morgan fingerprint density at radius 2 is 1.80 bits per heavy atom. The second kappa shape index (κ2) is 9.42. The van der Waals surface area contributed by atoms with Crippen molar-refractivity contribution in [3.05, 3.63) is 24.3 Å². The molecule has 0 saturated carbocycles. The van der Waals surface area contributed by atoms with Crippen molar-refractivity contribution < 1.29 is 14.3 Å². The average Bonchev–Trinajstić information content (AvgIpc) is 2.52. The van der Waals surface area contributed by atoms with Crippen molar-refractivity contribution in [2.24, 2.45) is 5.41 Å². The van der Waals surface area contributed by atoms with Crippen molar-refractivity contribution in [2.45, 2.75) is 40.2 Å². The zero-order valence-electron chi connectivity index (χ0n) is 16.2. The Morgan fingerprint density at radius 3 is 2.40 bits per heavy atom. The standard InChI is InChI=1S/C19H31N3O3/c1-14(2)25-16-11-8-7-10-15(16)21-18(24)19(3,4)17(23)20-12-9-13-22(5)6/h7-8,10-11,14H,9,12-13H2,1-6H3,(H,20,23)(H,21,24). The van der Waals surface area contributed by atoms with Crippen molar-refractivity contribution in [2.75, 3.05) is 32.5 Å². The van der Waals surface area contributed by atoms with Gasteiger partial charge in [0.1, 0.15) is 11.2 Å². The summed E-state index contributed by atoms with van der Waals surface area (Å²) in [7, 11) is 3.96. The lowest BCUT2D eigenvalue weighted by Crippen LogP contribution is -2.45. The van der Waals surface area contributed by atoms with Crippen LogP contribution < -0.4 is 15.4 Å². The van der Waals surface area contributed by atoms with E-state index in [9.17, 15) is 9.59 Å². The van der Waals surface area contributed by atoms with Crippen LogP contribution >= 0.6 is 0 Å². The summed E-state index contributed by atoms with van der Waals surface area (Å²) in [5, 5.41) is 5.65.